The van der Waals surface area contributed by atoms with Gasteiger partial charge in [-0.25, -0.2) is 13.8 Å². The molecule has 3 rings (SSSR count). The maximum absolute atomic E-state index is 14.0. The van der Waals surface area contributed by atoms with E-state index in [-0.39, 0.29) is 24.0 Å². The molecule has 2 aromatic carbocycles. The van der Waals surface area contributed by atoms with Gasteiger partial charge in [0.25, 0.3) is 5.91 Å². The largest absolute Gasteiger partial charge is 0.491 e. The lowest BCUT2D eigenvalue weighted by molar-refractivity contribution is 0.0996. The second-order valence-electron chi connectivity index (χ2n) is 5.84. The molecule has 0 fully saturated rings. The number of nitrogens with two attached hydrogens (primary N) is 1. The smallest absolute Gasteiger partial charge is 0.271 e. The van der Waals surface area contributed by atoms with Crippen LogP contribution in [0, 0.1) is 11.6 Å². The van der Waals surface area contributed by atoms with Gasteiger partial charge >= 0.3 is 0 Å². The Morgan fingerprint density at radius 3 is 2.41 bits per heavy atom. The van der Waals surface area contributed by atoms with Crippen LogP contribution in [0.25, 0.3) is 22.8 Å². The highest BCUT2D eigenvalue weighted by molar-refractivity contribution is 5.97. The lowest BCUT2D eigenvalue weighted by Gasteiger charge is -2.08. The molecule has 6 nitrogen and oxygen atoms in total. The molecule has 0 aliphatic heterocycles. The van der Waals surface area contributed by atoms with E-state index in [2.05, 4.69) is 4.98 Å². The van der Waals surface area contributed by atoms with Crippen molar-refractivity contribution in [1.82, 2.24) is 4.98 Å². The van der Waals surface area contributed by atoms with Gasteiger partial charge in [-0.05, 0) is 43.3 Å². The maximum Gasteiger partial charge on any atom is 0.271 e. The number of ether oxygens (including phenoxy) is 1. The van der Waals surface area contributed by atoms with Crippen LogP contribution in [0.4, 0.5) is 8.78 Å². The van der Waals surface area contributed by atoms with Crippen LogP contribution in [0.15, 0.2) is 46.9 Å². The number of amides is 1. The van der Waals surface area contributed by atoms with Gasteiger partial charge in [-0.3, -0.25) is 4.79 Å². The molecule has 0 radical (unpaired) electrons. The molecule has 0 saturated heterocycles. The number of oxazole rings is 1. The first-order valence-electron chi connectivity index (χ1n) is 8.03. The Kier molecular flexibility index (Phi) is 5.18. The molecule has 1 unspecified atom stereocenters. The van der Waals surface area contributed by atoms with Crippen molar-refractivity contribution >= 4 is 5.91 Å². The van der Waals surface area contributed by atoms with Crippen molar-refractivity contribution in [2.45, 2.75) is 13.0 Å². The summed E-state index contributed by atoms with van der Waals surface area (Å²) in [5.41, 5.74) is 5.02. The van der Waals surface area contributed by atoms with E-state index in [1.165, 1.54) is 6.07 Å². The summed E-state index contributed by atoms with van der Waals surface area (Å²) in [5.74, 6) is -2.56. The first kappa shape index (κ1) is 18.5. The second kappa shape index (κ2) is 7.55. The van der Waals surface area contributed by atoms with E-state index in [0.717, 1.165) is 12.1 Å². The van der Waals surface area contributed by atoms with Crippen LogP contribution in [0.5, 0.6) is 5.75 Å². The number of aliphatic hydroxyl groups is 1. The summed E-state index contributed by atoms with van der Waals surface area (Å²) >= 11 is 0. The number of carbonyl (C=O) groups excluding carboxylic acids is 1. The summed E-state index contributed by atoms with van der Waals surface area (Å²) in [7, 11) is 0. The Bertz CT molecular complexity index is 948. The first-order valence-corrected chi connectivity index (χ1v) is 8.03. The minimum absolute atomic E-state index is 0.0118. The number of primary amides is 1. The predicted octanol–water partition coefficient (Wildman–Crippen LogP) is 3.15. The number of aromatic nitrogens is 1. The van der Waals surface area contributed by atoms with E-state index in [0.29, 0.717) is 11.3 Å². The zero-order valence-electron chi connectivity index (χ0n) is 14.3. The Morgan fingerprint density at radius 1 is 1.22 bits per heavy atom. The molecule has 0 bridgehead atoms. The molecule has 1 amide bonds. The van der Waals surface area contributed by atoms with Gasteiger partial charge in [0.1, 0.15) is 29.6 Å². The third-order valence-electron chi connectivity index (χ3n) is 3.64. The van der Waals surface area contributed by atoms with Gasteiger partial charge in [0, 0.05) is 5.56 Å². The number of aliphatic hydroxyl groups excluding tert-OH is 1. The van der Waals surface area contributed by atoms with Crippen molar-refractivity contribution in [2.75, 3.05) is 6.61 Å². The molecule has 27 heavy (non-hydrogen) atoms. The zero-order chi connectivity index (χ0) is 19.6. The topological polar surface area (TPSA) is 98.6 Å². The number of hydrogen-bond donors (Lipinski definition) is 2. The van der Waals surface area contributed by atoms with Crippen molar-refractivity contribution < 1.29 is 27.8 Å². The predicted molar refractivity (Wildman–Crippen MR) is 93.0 cm³/mol. The Labute approximate surface area is 153 Å². The Morgan fingerprint density at radius 2 is 1.85 bits per heavy atom. The van der Waals surface area contributed by atoms with E-state index < -0.39 is 29.2 Å². The van der Waals surface area contributed by atoms with Crippen LogP contribution >= 0.6 is 0 Å². The highest BCUT2D eigenvalue weighted by Gasteiger charge is 2.24. The minimum atomic E-state index is -0.897. The molecule has 0 aliphatic rings. The normalized spacial score (nSPS) is 12.0. The number of hydrogen-bond acceptors (Lipinski definition) is 5. The van der Waals surface area contributed by atoms with Crippen LogP contribution < -0.4 is 10.5 Å². The van der Waals surface area contributed by atoms with Gasteiger partial charge in [-0.2, -0.15) is 0 Å². The maximum atomic E-state index is 14.0. The second-order valence-corrected chi connectivity index (χ2v) is 5.84. The average Bonchev–Trinajstić information content (AvgIpc) is 3.05. The lowest BCUT2D eigenvalue weighted by atomic mass is 10.1. The fourth-order valence-electron chi connectivity index (χ4n) is 2.41. The standard InChI is InChI=1S/C19H16F2N2O4/c1-10(24)9-26-12-7-5-11(6-8-12)17-16(18(22)25)23-19(27-17)15-13(20)3-2-4-14(15)21/h2-8,10,24H,9H2,1H3,(H2,22,25). The van der Waals surface area contributed by atoms with E-state index in [9.17, 15) is 18.7 Å². The first-order chi connectivity index (χ1) is 12.9. The molecule has 0 aliphatic carbocycles. The van der Waals surface area contributed by atoms with Gasteiger partial charge in [0.15, 0.2) is 11.5 Å². The molecule has 0 spiro atoms. The summed E-state index contributed by atoms with van der Waals surface area (Å²) in [6.45, 7) is 1.70. The third kappa shape index (κ3) is 3.95. The fourth-order valence-corrected chi connectivity index (χ4v) is 2.41. The van der Waals surface area contributed by atoms with Crippen LogP contribution in [0.2, 0.25) is 0 Å². The Hall–Kier alpha value is -3.26. The van der Waals surface area contributed by atoms with Crippen LogP contribution in [-0.4, -0.2) is 28.7 Å². The minimum Gasteiger partial charge on any atom is -0.491 e. The monoisotopic (exact) mass is 374 g/mol. The number of carbonyl (C=O) groups is 1. The average molecular weight is 374 g/mol. The number of halogens is 2. The summed E-state index contributed by atoms with van der Waals surface area (Å²) in [6.07, 6.45) is -0.626. The highest BCUT2D eigenvalue weighted by atomic mass is 19.1. The van der Waals surface area contributed by atoms with E-state index in [4.69, 9.17) is 14.9 Å². The van der Waals surface area contributed by atoms with Crippen LogP contribution in [-0.2, 0) is 0 Å². The van der Waals surface area contributed by atoms with Crippen molar-refractivity contribution in [3.05, 3.63) is 59.8 Å². The van der Waals surface area contributed by atoms with Crippen LogP contribution in [0.1, 0.15) is 17.4 Å². The fraction of sp³-hybridized carbons (Fsp3) is 0.158. The summed E-state index contributed by atoms with van der Waals surface area (Å²) in [5, 5.41) is 9.24. The molecule has 1 atom stereocenters. The highest BCUT2D eigenvalue weighted by Crippen LogP contribution is 2.33. The molecule has 0 saturated carbocycles. The van der Waals surface area contributed by atoms with E-state index in [1.807, 2.05) is 0 Å². The summed E-state index contributed by atoms with van der Waals surface area (Å²) in [6, 6.07) is 9.65. The molecular formula is C19H16F2N2O4. The van der Waals surface area contributed by atoms with Gasteiger partial charge < -0.3 is 20.0 Å². The Balaban J connectivity index is 2.00. The molecular weight excluding hydrogens is 358 g/mol. The third-order valence-corrected chi connectivity index (χ3v) is 3.64. The number of benzene rings is 2. The SMILES string of the molecule is CC(O)COc1ccc(-c2oc(-c3c(F)cccc3F)nc2C(N)=O)cc1. The van der Waals surface area contributed by atoms with Gasteiger partial charge in [-0.1, -0.05) is 6.07 Å². The number of rotatable bonds is 6. The van der Waals surface area contributed by atoms with Gasteiger partial charge in [-0.15, -0.1) is 0 Å². The zero-order valence-corrected chi connectivity index (χ0v) is 14.3. The summed E-state index contributed by atoms with van der Waals surface area (Å²) < 4.78 is 38.8. The lowest BCUT2D eigenvalue weighted by Crippen LogP contribution is -2.13. The van der Waals surface area contributed by atoms with Crippen molar-refractivity contribution in [3.8, 4) is 28.5 Å². The number of nitrogens with zero attached hydrogens (tertiary/aromatic N) is 1. The quantitative estimate of drug-likeness (QED) is 0.691. The summed E-state index contributed by atoms with van der Waals surface area (Å²) in [4.78, 5) is 15.6. The van der Waals surface area contributed by atoms with Crippen molar-refractivity contribution in [1.29, 1.82) is 0 Å². The molecule has 8 heteroatoms. The molecule has 1 heterocycles. The van der Waals surface area contributed by atoms with E-state index >= 15 is 0 Å². The molecule has 140 valence electrons. The van der Waals surface area contributed by atoms with Gasteiger partial charge in [0.2, 0.25) is 5.89 Å². The molecule has 1 aromatic heterocycles. The van der Waals surface area contributed by atoms with Crippen molar-refractivity contribution in [3.63, 3.8) is 0 Å². The van der Waals surface area contributed by atoms with Gasteiger partial charge in [0.05, 0.1) is 6.10 Å². The molecule has 3 N–H and O–H groups in total. The molecule has 3 aromatic rings. The van der Waals surface area contributed by atoms with E-state index in [1.54, 1.807) is 31.2 Å². The van der Waals surface area contributed by atoms with Crippen molar-refractivity contribution in [2.24, 2.45) is 5.73 Å². The van der Waals surface area contributed by atoms with Crippen LogP contribution in [0.3, 0.4) is 0 Å².